The summed E-state index contributed by atoms with van der Waals surface area (Å²) >= 11 is 0. The maximum atomic E-state index is 10.3. The number of ether oxygens (including phenoxy) is 1. The largest absolute Gasteiger partial charge is 0.390 e. The number of hydrogen-bond donors (Lipinski definition) is 1. The molecule has 0 aliphatic carbocycles. The second-order valence-electron chi connectivity index (χ2n) is 5.92. The third kappa shape index (κ3) is 4.79. The van der Waals surface area contributed by atoms with Gasteiger partial charge in [0.1, 0.15) is 0 Å². The van der Waals surface area contributed by atoms with E-state index in [1.807, 2.05) is 31.3 Å². The maximum Gasteiger partial charge on any atom is 0.0991 e. The maximum absolute atomic E-state index is 10.3. The van der Waals surface area contributed by atoms with Crippen LogP contribution in [0.3, 0.4) is 0 Å². The SMILES string of the molecule is CC(c1ccc(C#N)cc1)N(C)CC(O)CN1CCOCC1. The van der Waals surface area contributed by atoms with Gasteiger partial charge in [-0.15, -0.1) is 0 Å². The van der Waals surface area contributed by atoms with Crippen LogP contribution in [0.4, 0.5) is 0 Å². The van der Waals surface area contributed by atoms with Crippen LogP contribution in [0.5, 0.6) is 0 Å². The summed E-state index contributed by atoms with van der Waals surface area (Å²) in [5, 5.41) is 19.1. The molecule has 0 radical (unpaired) electrons. The monoisotopic (exact) mass is 303 g/mol. The van der Waals surface area contributed by atoms with E-state index >= 15 is 0 Å². The Balaban J connectivity index is 1.84. The number of β-amino-alcohol motifs (C(OH)–C–C–N with tert-alkyl or cyclic N) is 1. The molecule has 2 rings (SSSR count). The van der Waals surface area contributed by atoms with Crippen LogP contribution < -0.4 is 0 Å². The van der Waals surface area contributed by atoms with Crippen LogP contribution in [0.1, 0.15) is 24.1 Å². The van der Waals surface area contributed by atoms with E-state index in [9.17, 15) is 5.11 Å². The van der Waals surface area contributed by atoms with E-state index in [1.54, 1.807) is 0 Å². The second kappa shape index (κ2) is 8.25. The molecule has 120 valence electrons. The highest BCUT2D eigenvalue weighted by atomic mass is 16.5. The van der Waals surface area contributed by atoms with Gasteiger partial charge in [-0.1, -0.05) is 12.1 Å². The zero-order valence-electron chi connectivity index (χ0n) is 13.4. The van der Waals surface area contributed by atoms with Gasteiger partial charge in [0.15, 0.2) is 0 Å². The van der Waals surface area contributed by atoms with E-state index in [1.165, 1.54) is 0 Å². The summed E-state index contributed by atoms with van der Waals surface area (Å²) in [7, 11) is 2.02. The first-order valence-electron chi connectivity index (χ1n) is 7.78. The van der Waals surface area contributed by atoms with Crippen LogP contribution in [0.2, 0.25) is 0 Å². The van der Waals surface area contributed by atoms with Gasteiger partial charge in [-0.2, -0.15) is 5.26 Å². The van der Waals surface area contributed by atoms with E-state index in [4.69, 9.17) is 10.00 Å². The van der Waals surface area contributed by atoms with Crippen molar-refractivity contribution in [2.45, 2.75) is 19.1 Å². The summed E-state index contributed by atoms with van der Waals surface area (Å²) in [5.41, 5.74) is 1.83. The molecule has 1 saturated heterocycles. The summed E-state index contributed by atoms with van der Waals surface area (Å²) in [6.07, 6.45) is -0.371. The number of aliphatic hydroxyl groups is 1. The fourth-order valence-electron chi connectivity index (χ4n) is 2.72. The van der Waals surface area contributed by atoms with E-state index in [0.717, 1.165) is 31.9 Å². The number of nitriles is 1. The van der Waals surface area contributed by atoms with Crippen molar-refractivity contribution in [1.29, 1.82) is 5.26 Å². The normalized spacial score (nSPS) is 18.9. The molecular weight excluding hydrogens is 278 g/mol. The minimum atomic E-state index is -0.371. The minimum absolute atomic E-state index is 0.201. The molecule has 1 aliphatic heterocycles. The van der Waals surface area contributed by atoms with E-state index in [2.05, 4.69) is 22.8 Å². The molecule has 2 atom stereocenters. The molecule has 0 aromatic heterocycles. The van der Waals surface area contributed by atoms with E-state index in [-0.39, 0.29) is 12.1 Å². The molecule has 0 saturated carbocycles. The molecule has 1 aliphatic rings. The zero-order valence-corrected chi connectivity index (χ0v) is 13.4. The number of likely N-dealkylation sites (N-methyl/N-ethyl adjacent to an activating group) is 1. The highest BCUT2D eigenvalue weighted by Gasteiger charge is 2.19. The number of nitrogens with zero attached hydrogens (tertiary/aromatic N) is 3. The number of benzene rings is 1. The summed E-state index contributed by atoms with van der Waals surface area (Å²) < 4.78 is 5.32. The molecule has 1 heterocycles. The van der Waals surface area contributed by atoms with Gasteiger partial charge in [0.2, 0.25) is 0 Å². The van der Waals surface area contributed by atoms with Gasteiger partial charge in [-0.25, -0.2) is 0 Å². The van der Waals surface area contributed by atoms with Gasteiger partial charge < -0.3 is 9.84 Å². The van der Waals surface area contributed by atoms with Gasteiger partial charge in [-0.05, 0) is 31.7 Å². The van der Waals surface area contributed by atoms with Gasteiger partial charge in [0.25, 0.3) is 0 Å². The third-order valence-electron chi connectivity index (χ3n) is 4.25. The lowest BCUT2D eigenvalue weighted by Crippen LogP contribution is -2.44. The highest BCUT2D eigenvalue weighted by molar-refractivity contribution is 5.32. The number of morpholine rings is 1. The quantitative estimate of drug-likeness (QED) is 0.857. The van der Waals surface area contributed by atoms with Crippen LogP contribution in [-0.4, -0.2) is 67.5 Å². The summed E-state index contributed by atoms with van der Waals surface area (Å²) in [4.78, 5) is 4.39. The minimum Gasteiger partial charge on any atom is -0.390 e. The lowest BCUT2D eigenvalue weighted by molar-refractivity contribution is 0.00626. The fourth-order valence-corrected chi connectivity index (χ4v) is 2.72. The van der Waals surface area contributed by atoms with Crippen molar-refractivity contribution >= 4 is 0 Å². The van der Waals surface area contributed by atoms with Crippen LogP contribution >= 0.6 is 0 Å². The Hall–Kier alpha value is -1.45. The standard InChI is InChI=1S/C17H25N3O2/c1-14(16-5-3-15(11-18)4-6-16)19(2)12-17(21)13-20-7-9-22-10-8-20/h3-6,14,17,21H,7-10,12-13H2,1-2H3. The first-order chi connectivity index (χ1) is 10.6. The van der Waals surface area contributed by atoms with Crippen molar-refractivity contribution in [2.24, 2.45) is 0 Å². The third-order valence-corrected chi connectivity index (χ3v) is 4.25. The van der Waals surface area contributed by atoms with Crippen molar-refractivity contribution in [2.75, 3.05) is 46.4 Å². The molecule has 1 N–H and O–H groups in total. The Labute approximate surface area is 132 Å². The highest BCUT2D eigenvalue weighted by Crippen LogP contribution is 2.19. The summed E-state index contributed by atoms with van der Waals surface area (Å²) in [6, 6.07) is 9.97. The van der Waals surface area contributed by atoms with E-state index < -0.39 is 0 Å². The predicted octanol–water partition coefficient (Wildman–Crippen LogP) is 1.24. The molecule has 2 unspecified atom stereocenters. The summed E-state index contributed by atoms with van der Waals surface area (Å²) in [5.74, 6) is 0. The molecule has 0 bridgehead atoms. The molecule has 5 nitrogen and oxygen atoms in total. The number of rotatable bonds is 6. The van der Waals surface area contributed by atoms with Gasteiger partial charge in [0, 0.05) is 32.2 Å². The Kier molecular flexibility index (Phi) is 6.34. The zero-order chi connectivity index (χ0) is 15.9. The average Bonchev–Trinajstić information content (AvgIpc) is 2.55. The number of aliphatic hydroxyl groups excluding tert-OH is 1. The molecule has 0 amide bonds. The van der Waals surface area contributed by atoms with Crippen molar-refractivity contribution in [3.8, 4) is 6.07 Å². The van der Waals surface area contributed by atoms with Crippen molar-refractivity contribution in [3.05, 3.63) is 35.4 Å². The lowest BCUT2D eigenvalue weighted by atomic mass is 10.1. The Morgan fingerprint density at radius 3 is 2.55 bits per heavy atom. The molecule has 1 aromatic rings. The fraction of sp³-hybridized carbons (Fsp3) is 0.588. The van der Waals surface area contributed by atoms with E-state index in [0.29, 0.717) is 18.7 Å². The number of hydrogen-bond acceptors (Lipinski definition) is 5. The predicted molar refractivity (Wildman–Crippen MR) is 85.5 cm³/mol. The molecule has 5 heteroatoms. The Morgan fingerprint density at radius 1 is 1.32 bits per heavy atom. The van der Waals surface area contributed by atoms with Crippen molar-refractivity contribution < 1.29 is 9.84 Å². The molecule has 1 fully saturated rings. The lowest BCUT2D eigenvalue weighted by Gasteiger charge is -2.32. The van der Waals surface area contributed by atoms with Gasteiger partial charge >= 0.3 is 0 Å². The summed E-state index contributed by atoms with van der Waals surface area (Å²) in [6.45, 7) is 6.72. The topological polar surface area (TPSA) is 59.7 Å². The van der Waals surface area contributed by atoms with Crippen LogP contribution in [0, 0.1) is 11.3 Å². The molecule has 1 aromatic carbocycles. The van der Waals surface area contributed by atoms with Crippen LogP contribution in [0.25, 0.3) is 0 Å². The van der Waals surface area contributed by atoms with Crippen molar-refractivity contribution in [1.82, 2.24) is 9.80 Å². The first-order valence-corrected chi connectivity index (χ1v) is 7.78. The van der Waals surface area contributed by atoms with Crippen molar-refractivity contribution in [3.63, 3.8) is 0 Å². The average molecular weight is 303 g/mol. The van der Waals surface area contributed by atoms with Gasteiger partial charge in [-0.3, -0.25) is 9.80 Å². The smallest absolute Gasteiger partial charge is 0.0991 e. The van der Waals surface area contributed by atoms with Crippen LogP contribution in [-0.2, 0) is 4.74 Å². The Morgan fingerprint density at radius 2 is 1.95 bits per heavy atom. The van der Waals surface area contributed by atoms with Gasteiger partial charge in [0.05, 0.1) is 31.0 Å². The Bertz CT molecular complexity index is 492. The molecular formula is C17H25N3O2. The first kappa shape index (κ1) is 16.9. The molecule has 22 heavy (non-hydrogen) atoms. The van der Waals surface area contributed by atoms with Crippen LogP contribution in [0.15, 0.2) is 24.3 Å². The molecule has 0 spiro atoms. The second-order valence-corrected chi connectivity index (χ2v) is 5.92.